The second-order valence-corrected chi connectivity index (χ2v) is 3.08. The molecule has 0 fully saturated rings. The van der Waals surface area contributed by atoms with E-state index in [9.17, 15) is 4.79 Å². The van der Waals surface area contributed by atoms with Crippen molar-refractivity contribution in [2.75, 3.05) is 27.2 Å². The molecule has 0 aromatic rings. The van der Waals surface area contributed by atoms with Crippen LogP contribution in [0.3, 0.4) is 0 Å². The summed E-state index contributed by atoms with van der Waals surface area (Å²) in [6.07, 6.45) is 2.46. The average molecular weight is 183 g/mol. The van der Waals surface area contributed by atoms with Gasteiger partial charge in [0.2, 0.25) is 5.91 Å². The molecule has 0 aliphatic rings. The van der Waals surface area contributed by atoms with E-state index in [0.717, 1.165) is 19.4 Å². The minimum atomic E-state index is 0.0836. The molecule has 1 amide bonds. The van der Waals surface area contributed by atoms with E-state index in [1.54, 1.807) is 19.0 Å². The number of nitrogens with one attached hydrogen (secondary N) is 1. The molecule has 0 unspecified atom stereocenters. The molecular formula is C9H17N3O. The molecule has 0 rings (SSSR count). The molecule has 13 heavy (non-hydrogen) atoms. The first-order valence-corrected chi connectivity index (χ1v) is 4.46. The minimum Gasteiger partial charge on any atom is -0.348 e. The second kappa shape index (κ2) is 7.56. The molecule has 0 saturated heterocycles. The van der Waals surface area contributed by atoms with Crippen molar-refractivity contribution in [1.29, 1.82) is 5.26 Å². The molecule has 0 aliphatic carbocycles. The van der Waals surface area contributed by atoms with Crippen LogP contribution in [-0.2, 0) is 4.79 Å². The van der Waals surface area contributed by atoms with Crippen LogP contribution in [0.5, 0.6) is 0 Å². The van der Waals surface area contributed by atoms with E-state index in [1.807, 2.05) is 0 Å². The third kappa shape index (κ3) is 7.29. The largest absolute Gasteiger partial charge is 0.348 e. The summed E-state index contributed by atoms with van der Waals surface area (Å²) in [7, 11) is 3.47. The summed E-state index contributed by atoms with van der Waals surface area (Å²) in [4.78, 5) is 12.6. The molecule has 0 atom stereocenters. The fraction of sp³-hybridized carbons (Fsp3) is 0.778. The number of nitriles is 1. The Morgan fingerprint density at radius 3 is 2.69 bits per heavy atom. The highest BCUT2D eigenvalue weighted by atomic mass is 16.2. The Morgan fingerprint density at radius 2 is 2.15 bits per heavy atom. The lowest BCUT2D eigenvalue weighted by atomic mass is 10.2. The number of carbonyl (C=O) groups is 1. The summed E-state index contributed by atoms with van der Waals surface area (Å²) in [6, 6.07) is 2.08. The van der Waals surface area contributed by atoms with Crippen molar-refractivity contribution >= 4 is 5.91 Å². The normalized spacial score (nSPS) is 9.31. The van der Waals surface area contributed by atoms with Gasteiger partial charge in [0.1, 0.15) is 0 Å². The predicted octanol–water partition coefficient (Wildman–Crippen LogP) is 0.358. The van der Waals surface area contributed by atoms with Crippen molar-refractivity contribution in [3.8, 4) is 6.07 Å². The van der Waals surface area contributed by atoms with Crippen LogP contribution in [0.25, 0.3) is 0 Å². The first-order chi connectivity index (χ1) is 6.18. The monoisotopic (exact) mass is 183 g/mol. The molecule has 0 heterocycles. The lowest BCUT2D eigenvalue weighted by Crippen LogP contribution is -2.33. The van der Waals surface area contributed by atoms with Gasteiger partial charge in [-0.1, -0.05) is 0 Å². The van der Waals surface area contributed by atoms with Crippen molar-refractivity contribution in [3.63, 3.8) is 0 Å². The van der Waals surface area contributed by atoms with Gasteiger partial charge in [0.05, 0.1) is 12.6 Å². The van der Waals surface area contributed by atoms with Crippen LogP contribution in [0.2, 0.25) is 0 Å². The number of carbonyl (C=O) groups excluding carboxylic acids is 1. The number of amides is 1. The maximum absolute atomic E-state index is 11.0. The first-order valence-electron chi connectivity index (χ1n) is 4.46. The van der Waals surface area contributed by atoms with Crippen molar-refractivity contribution in [3.05, 3.63) is 0 Å². The Balaban J connectivity index is 3.17. The van der Waals surface area contributed by atoms with Gasteiger partial charge in [0.25, 0.3) is 0 Å². The standard InChI is InChI=1S/C9H17N3O/c1-12(2)9(13)8-11-7-5-3-4-6-10/h11H,3-5,7-8H2,1-2H3. The molecule has 1 N–H and O–H groups in total. The van der Waals surface area contributed by atoms with Gasteiger partial charge in [-0.25, -0.2) is 0 Å². The zero-order valence-corrected chi connectivity index (χ0v) is 8.34. The van der Waals surface area contributed by atoms with Crippen LogP contribution in [-0.4, -0.2) is 38.0 Å². The van der Waals surface area contributed by atoms with Crippen LogP contribution < -0.4 is 5.32 Å². The Bertz CT molecular complexity index is 184. The third-order valence-corrected chi connectivity index (χ3v) is 1.67. The third-order valence-electron chi connectivity index (χ3n) is 1.67. The smallest absolute Gasteiger partial charge is 0.236 e. The van der Waals surface area contributed by atoms with Gasteiger partial charge >= 0.3 is 0 Å². The second-order valence-electron chi connectivity index (χ2n) is 3.08. The van der Waals surface area contributed by atoms with E-state index in [1.165, 1.54) is 0 Å². The lowest BCUT2D eigenvalue weighted by Gasteiger charge is -2.10. The Labute approximate surface area is 79.5 Å². The highest BCUT2D eigenvalue weighted by molar-refractivity contribution is 5.77. The zero-order chi connectivity index (χ0) is 10.1. The molecule has 74 valence electrons. The Kier molecular flexibility index (Phi) is 6.93. The topological polar surface area (TPSA) is 56.1 Å². The van der Waals surface area contributed by atoms with E-state index >= 15 is 0 Å². The quantitative estimate of drug-likeness (QED) is 0.605. The number of hydrogen-bond donors (Lipinski definition) is 1. The fourth-order valence-corrected chi connectivity index (χ4v) is 0.807. The maximum atomic E-state index is 11.0. The summed E-state index contributed by atoms with van der Waals surface area (Å²) in [6.45, 7) is 1.20. The summed E-state index contributed by atoms with van der Waals surface area (Å²) < 4.78 is 0. The SMILES string of the molecule is CN(C)C(=O)CNCCCCC#N. The minimum absolute atomic E-state index is 0.0836. The van der Waals surface area contributed by atoms with Crippen LogP contribution >= 0.6 is 0 Å². The zero-order valence-electron chi connectivity index (χ0n) is 8.34. The van der Waals surface area contributed by atoms with Crippen molar-refractivity contribution in [1.82, 2.24) is 10.2 Å². The molecule has 0 aliphatic heterocycles. The van der Waals surface area contributed by atoms with Gasteiger partial charge in [-0.15, -0.1) is 0 Å². The van der Waals surface area contributed by atoms with E-state index in [0.29, 0.717) is 13.0 Å². The highest BCUT2D eigenvalue weighted by Crippen LogP contribution is 1.90. The van der Waals surface area contributed by atoms with Crippen LogP contribution in [0.4, 0.5) is 0 Å². The Hall–Kier alpha value is -1.08. The first kappa shape index (κ1) is 11.9. The van der Waals surface area contributed by atoms with Gasteiger partial charge in [-0.2, -0.15) is 5.26 Å². The maximum Gasteiger partial charge on any atom is 0.236 e. The van der Waals surface area contributed by atoms with Crippen LogP contribution in [0.15, 0.2) is 0 Å². The number of likely N-dealkylation sites (N-methyl/N-ethyl adjacent to an activating group) is 1. The fourth-order valence-electron chi connectivity index (χ4n) is 0.807. The van der Waals surface area contributed by atoms with Crippen molar-refractivity contribution in [2.45, 2.75) is 19.3 Å². The molecule has 0 aromatic carbocycles. The van der Waals surface area contributed by atoms with Crippen LogP contribution in [0, 0.1) is 11.3 Å². The van der Waals surface area contributed by atoms with E-state index in [-0.39, 0.29) is 5.91 Å². The molecular weight excluding hydrogens is 166 g/mol. The van der Waals surface area contributed by atoms with Crippen LogP contribution in [0.1, 0.15) is 19.3 Å². The number of hydrogen-bond acceptors (Lipinski definition) is 3. The van der Waals surface area contributed by atoms with Crippen molar-refractivity contribution in [2.24, 2.45) is 0 Å². The van der Waals surface area contributed by atoms with Gasteiger partial charge in [0.15, 0.2) is 0 Å². The predicted molar refractivity (Wildman–Crippen MR) is 51.0 cm³/mol. The molecule has 4 nitrogen and oxygen atoms in total. The average Bonchev–Trinajstić information content (AvgIpc) is 2.10. The number of rotatable bonds is 6. The molecule has 0 bridgehead atoms. The highest BCUT2D eigenvalue weighted by Gasteiger charge is 2.01. The van der Waals surface area contributed by atoms with E-state index < -0.39 is 0 Å². The molecule has 0 spiro atoms. The summed E-state index contributed by atoms with van der Waals surface area (Å²) >= 11 is 0. The molecule has 0 aromatic heterocycles. The van der Waals surface area contributed by atoms with Gasteiger partial charge in [0, 0.05) is 20.5 Å². The summed E-state index contributed by atoms with van der Waals surface area (Å²) in [5.74, 6) is 0.0836. The van der Waals surface area contributed by atoms with E-state index in [2.05, 4.69) is 11.4 Å². The van der Waals surface area contributed by atoms with Gasteiger partial charge in [-0.3, -0.25) is 4.79 Å². The Morgan fingerprint density at radius 1 is 1.46 bits per heavy atom. The number of nitrogens with zero attached hydrogens (tertiary/aromatic N) is 2. The lowest BCUT2D eigenvalue weighted by molar-refractivity contribution is -0.127. The summed E-state index contributed by atoms with van der Waals surface area (Å²) in [5, 5.41) is 11.3. The van der Waals surface area contributed by atoms with Gasteiger partial charge < -0.3 is 10.2 Å². The molecule has 4 heteroatoms. The number of unbranched alkanes of at least 4 members (excludes halogenated alkanes) is 2. The molecule has 0 radical (unpaired) electrons. The molecule has 0 saturated carbocycles. The van der Waals surface area contributed by atoms with Gasteiger partial charge in [-0.05, 0) is 19.4 Å². The summed E-state index contributed by atoms with van der Waals surface area (Å²) in [5.41, 5.74) is 0. The van der Waals surface area contributed by atoms with E-state index in [4.69, 9.17) is 5.26 Å². The van der Waals surface area contributed by atoms with Crippen molar-refractivity contribution < 1.29 is 4.79 Å².